The summed E-state index contributed by atoms with van der Waals surface area (Å²) >= 11 is 0. The Labute approximate surface area is 126 Å². The molecule has 3 nitrogen and oxygen atoms in total. The topological polar surface area (TPSA) is 24.5 Å². The van der Waals surface area contributed by atoms with Crippen LogP contribution in [0.2, 0.25) is 0 Å². The molecule has 1 aromatic carbocycles. The van der Waals surface area contributed by atoms with Gasteiger partial charge in [0.05, 0.1) is 0 Å². The first-order chi connectivity index (χ1) is 9.86. The predicted octanol–water partition coefficient (Wildman–Crippen LogP) is 4.09. The fraction of sp³-hybridized carbons (Fsp3) is 0.500. The first-order valence-corrected chi connectivity index (χ1v) is 8.30. The average molecular weight is 296 g/mol. The van der Waals surface area contributed by atoms with Gasteiger partial charge in [-0.3, -0.25) is 0 Å². The van der Waals surface area contributed by atoms with E-state index in [1.54, 1.807) is 0 Å². The molecule has 4 heteroatoms. The summed E-state index contributed by atoms with van der Waals surface area (Å²) in [6.07, 6.45) is 4.35. The Balaban J connectivity index is 0.00000172. The summed E-state index contributed by atoms with van der Waals surface area (Å²) in [5.41, 5.74) is 0. The molecule has 1 rings (SSSR count). The molecule has 0 spiro atoms. The number of hydrogen-bond acceptors (Lipinski definition) is 3. The summed E-state index contributed by atoms with van der Waals surface area (Å²) in [6.45, 7) is 12.2. The minimum Gasteiger partial charge on any atom is -0.461 e. The molecule has 0 aliphatic heterocycles. The monoisotopic (exact) mass is 296 g/mol. The van der Waals surface area contributed by atoms with Gasteiger partial charge in [0.2, 0.25) is 0 Å². The number of hydrogen-bond donors (Lipinski definition) is 1. The fourth-order valence-electron chi connectivity index (χ4n) is 1.35. The fourth-order valence-corrected chi connectivity index (χ4v) is 2.03. The van der Waals surface area contributed by atoms with E-state index < -0.39 is 0 Å². The van der Waals surface area contributed by atoms with Gasteiger partial charge in [-0.25, -0.2) is 4.67 Å². The summed E-state index contributed by atoms with van der Waals surface area (Å²) in [5.74, 6) is 0.936. The van der Waals surface area contributed by atoms with Crippen molar-refractivity contribution in [3.05, 3.63) is 42.5 Å². The molecule has 0 heterocycles. The van der Waals surface area contributed by atoms with Crippen LogP contribution in [0.25, 0.3) is 0 Å². The van der Waals surface area contributed by atoms with Gasteiger partial charge in [0.25, 0.3) is 0 Å². The van der Waals surface area contributed by atoms with Gasteiger partial charge in [-0.2, -0.15) is 0 Å². The van der Waals surface area contributed by atoms with Crippen LogP contribution in [0.3, 0.4) is 0 Å². The van der Waals surface area contributed by atoms with Gasteiger partial charge in [0.15, 0.2) is 0 Å². The van der Waals surface area contributed by atoms with Gasteiger partial charge in [-0.05, 0) is 18.7 Å². The number of benzene rings is 1. The molecule has 0 aliphatic rings. The molecule has 1 atom stereocenters. The highest BCUT2D eigenvalue weighted by atomic mass is 31.1. The van der Waals surface area contributed by atoms with Gasteiger partial charge in [0.1, 0.15) is 14.7 Å². The standard InChI is InChI=1S/C14H23N2OP.C2H6/c1-3-15-12-8-9-13-16(4-2)18-17-14-10-6-5-7-11-14;1-2/h5-11,15,18H,3-4,12-13H2,1-2H3;1-2H3/b9-8-;. The maximum atomic E-state index is 5.74. The van der Waals surface area contributed by atoms with Crippen LogP contribution in [0.15, 0.2) is 42.5 Å². The lowest BCUT2D eigenvalue weighted by molar-refractivity contribution is 0.480. The highest BCUT2D eigenvalue weighted by Crippen LogP contribution is 2.23. The highest BCUT2D eigenvalue weighted by molar-refractivity contribution is 7.29. The van der Waals surface area contributed by atoms with Crippen molar-refractivity contribution in [2.75, 3.05) is 26.2 Å². The van der Waals surface area contributed by atoms with Crippen molar-refractivity contribution >= 4 is 8.96 Å². The zero-order valence-corrected chi connectivity index (χ0v) is 14.2. The van der Waals surface area contributed by atoms with E-state index in [-0.39, 0.29) is 0 Å². The Bertz CT molecular complexity index is 331. The molecule has 0 radical (unpaired) electrons. The Kier molecular flexibility index (Phi) is 13.9. The molecule has 1 aromatic rings. The van der Waals surface area contributed by atoms with Crippen molar-refractivity contribution in [3.8, 4) is 5.75 Å². The van der Waals surface area contributed by atoms with E-state index >= 15 is 0 Å². The summed E-state index contributed by atoms with van der Waals surface area (Å²) in [7, 11) is 0.375. The van der Waals surface area contributed by atoms with E-state index in [2.05, 4.69) is 36.0 Å². The lowest BCUT2D eigenvalue weighted by atomic mass is 10.3. The molecule has 0 saturated carbocycles. The van der Waals surface area contributed by atoms with E-state index in [1.807, 2.05) is 44.2 Å². The van der Waals surface area contributed by atoms with Crippen LogP contribution in [-0.2, 0) is 0 Å². The molecule has 0 fully saturated rings. The lowest BCUT2D eigenvalue weighted by Gasteiger charge is -2.17. The predicted molar refractivity (Wildman–Crippen MR) is 91.7 cm³/mol. The lowest BCUT2D eigenvalue weighted by Crippen LogP contribution is -2.16. The second kappa shape index (κ2) is 14.5. The van der Waals surface area contributed by atoms with Gasteiger partial charge >= 0.3 is 0 Å². The third-order valence-electron chi connectivity index (χ3n) is 2.42. The van der Waals surface area contributed by atoms with Crippen LogP contribution in [0, 0.1) is 0 Å². The normalized spacial score (nSPS) is 11.1. The molecule has 0 aliphatic carbocycles. The molecule has 114 valence electrons. The largest absolute Gasteiger partial charge is 0.461 e. The molecule has 1 unspecified atom stereocenters. The summed E-state index contributed by atoms with van der Waals surface area (Å²) in [5, 5.41) is 3.26. The molecular weight excluding hydrogens is 267 g/mol. The van der Waals surface area contributed by atoms with Gasteiger partial charge in [-0.15, -0.1) is 0 Å². The molecular formula is C16H29N2OP. The van der Waals surface area contributed by atoms with Crippen molar-refractivity contribution < 1.29 is 4.52 Å². The first kappa shape index (κ1) is 19.1. The average Bonchev–Trinajstić information content (AvgIpc) is 2.53. The van der Waals surface area contributed by atoms with Crippen LogP contribution >= 0.6 is 8.96 Å². The van der Waals surface area contributed by atoms with E-state index in [1.165, 1.54) is 0 Å². The van der Waals surface area contributed by atoms with Crippen LogP contribution in [-0.4, -0.2) is 30.8 Å². The summed E-state index contributed by atoms with van der Waals surface area (Å²) in [6, 6.07) is 9.96. The van der Waals surface area contributed by atoms with Crippen LogP contribution in [0.4, 0.5) is 0 Å². The zero-order valence-electron chi connectivity index (χ0n) is 13.2. The Hall–Kier alpha value is -0.890. The van der Waals surface area contributed by atoms with Crippen molar-refractivity contribution in [3.63, 3.8) is 0 Å². The van der Waals surface area contributed by atoms with Crippen molar-refractivity contribution in [1.82, 2.24) is 9.99 Å². The van der Waals surface area contributed by atoms with Crippen LogP contribution < -0.4 is 9.84 Å². The number of likely N-dealkylation sites (N-methyl/N-ethyl adjacent to an activating group) is 2. The van der Waals surface area contributed by atoms with E-state index in [9.17, 15) is 0 Å². The van der Waals surface area contributed by atoms with Crippen molar-refractivity contribution in [2.24, 2.45) is 0 Å². The Morgan fingerprint density at radius 1 is 1.15 bits per heavy atom. The van der Waals surface area contributed by atoms with E-state index in [4.69, 9.17) is 4.52 Å². The molecule has 0 aromatic heterocycles. The molecule has 1 N–H and O–H groups in total. The quantitative estimate of drug-likeness (QED) is 0.422. The Morgan fingerprint density at radius 2 is 1.85 bits per heavy atom. The van der Waals surface area contributed by atoms with Crippen LogP contribution in [0.1, 0.15) is 27.7 Å². The third-order valence-corrected chi connectivity index (χ3v) is 3.51. The molecule has 0 bridgehead atoms. The van der Waals surface area contributed by atoms with Crippen molar-refractivity contribution in [2.45, 2.75) is 27.7 Å². The first-order valence-electron chi connectivity index (χ1n) is 7.45. The number of nitrogens with zero attached hydrogens (tertiary/aromatic N) is 1. The van der Waals surface area contributed by atoms with E-state index in [0.717, 1.165) is 31.9 Å². The second-order valence-electron chi connectivity index (χ2n) is 3.82. The van der Waals surface area contributed by atoms with Gasteiger partial charge in [-0.1, -0.05) is 58.0 Å². The minimum absolute atomic E-state index is 0.375. The van der Waals surface area contributed by atoms with Crippen molar-refractivity contribution in [1.29, 1.82) is 0 Å². The summed E-state index contributed by atoms with van der Waals surface area (Å²) < 4.78 is 8.01. The molecule has 0 saturated heterocycles. The zero-order chi connectivity index (χ0) is 15.1. The maximum absolute atomic E-state index is 5.74. The highest BCUT2D eigenvalue weighted by Gasteiger charge is 2.01. The number of nitrogens with one attached hydrogen (secondary N) is 1. The molecule has 20 heavy (non-hydrogen) atoms. The summed E-state index contributed by atoms with van der Waals surface area (Å²) in [4.78, 5) is 0. The third kappa shape index (κ3) is 9.96. The Morgan fingerprint density at radius 3 is 2.45 bits per heavy atom. The minimum atomic E-state index is 0.375. The smallest absolute Gasteiger partial charge is 0.149 e. The number of rotatable bonds is 9. The van der Waals surface area contributed by atoms with Crippen LogP contribution in [0.5, 0.6) is 5.75 Å². The van der Waals surface area contributed by atoms with Gasteiger partial charge < -0.3 is 9.84 Å². The second-order valence-corrected chi connectivity index (χ2v) is 4.84. The maximum Gasteiger partial charge on any atom is 0.149 e. The number of para-hydroxylation sites is 1. The van der Waals surface area contributed by atoms with Gasteiger partial charge in [0, 0.05) is 19.6 Å². The molecule has 0 amide bonds. The SMILES string of the molecule is CC.CCNC/C=C\CN(CC)POc1ccccc1. The van der Waals surface area contributed by atoms with E-state index in [0.29, 0.717) is 8.96 Å².